The number of carbonyl (C=O) groups is 1. The first-order chi connectivity index (χ1) is 15.9. The van der Waals surface area contributed by atoms with Crippen LogP contribution in [0.15, 0.2) is 47.4 Å². The zero-order chi connectivity index (χ0) is 26.6. The Balaban J connectivity index is 2.18. The molecule has 1 aliphatic rings. The molecule has 2 aromatic carbocycles. The molecule has 0 aromatic heterocycles. The molecule has 1 atom stereocenters. The summed E-state index contributed by atoms with van der Waals surface area (Å²) in [5.41, 5.74) is -5.04. The van der Waals surface area contributed by atoms with Crippen LogP contribution in [0.4, 0.5) is 23.2 Å². The minimum absolute atomic E-state index is 0.351. The number of anilines is 1. The molecule has 2 aromatic rings. The monoisotopic (exact) mass is 549 g/mol. The van der Waals surface area contributed by atoms with E-state index in [0.717, 1.165) is 43.3 Å². The first-order valence-corrected chi connectivity index (χ1v) is 13.3. The molecule has 1 unspecified atom stereocenters. The molecule has 1 aliphatic heterocycles. The van der Waals surface area contributed by atoms with Gasteiger partial charge in [-0.25, -0.2) is 25.5 Å². The number of rotatable bonds is 5. The Labute approximate surface area is 203 Å². The van der Waals surface area contributed by atoms with Crippen LogP contribution in [-0.2, 0) is 30.8 Å². The van der Waals surface area contributed by atoms with Gasteiger partial charge in [-0.2, -0.15) is 18.4 Å². The Bertz CT molecular complexity index is 1480. The second-order valence-electron chi connectivity index (χ2n) is 7.78. The maximum Gasteiger partial charge on any atom is 0.417 e. The molecule has 1 saturated heterocycles. The van der Waals surface area contributed by atoms with Crippen LogP contribution in [0, 0.1) is 17.1 Å². The summed E-state index contributed by atoms with van der Waals surface area (Å²) in [4.78, 5) is 13.5. The molecule has 0 radical (unpaired) electrons. The zero-order valence-corrected chi connectivity index (χ0v) is 20.3. The number of sulfone groups is 1. The van der Waals surface area contributed by atoms with Crippen molar-refractivity contribution in [2.24, 2.45) is 0 Å². The number of thiocarbonyl (C=S) groups is 1. The summed E-state index contributed by atoms with van der Waals surface area (Å²) in [5, 5.41) is 8.22. The van der Waals surface area contributed by atoms with Crippen LogP contribution in [0.5, 0.6) is 0 Å². The number of hydrogen-bond donors (Lipinski definition) is 0. The van der Waals surface area contributed by atoms with Crippen LogP contribution in [0.1, 0.15) is 18.1 Å². The molecule has 0 aliphatic carbocycles. The van der Waals surface area contributed by atoms with Crippen molar-refractivity contribution in [3.63, 3.8) is 0 Å². The van der Waals surface area contributed by atoms with Gasteiger partial charge in [0.05, 0.1) is 39.8 Å². The molecule has 1 fully saturated rings. The van der Waals surface area contributed by atoms with Crippen LogP contribution in [0.25, 0.3) is 0 Å². The molecule has 3 rings (SSSR count). The first kappa shape index (κ1) is 26.5. The molecule has 0 N–H and O–H groups in total. The van der Waals surface area contributed by atoms with Gasteiger partial charge in [-0.15, -0.1) is 0 Å². The number of amides is 1. The molecule has 0 saturated carbocycles. The van der Waals surface area contributed by atoms with Gasteiger partial charge in [-0.05, 0) is 61.6 Å². The molecular formula is C20H15F4N3O5S3. The van der Waals surface area contributed by atoms with Gasteiger partial charge in [0, 0.05) is 0 Å². The summed E-state index contributed by atoms with van der Waals surface area (Å²) in [7, 11) is -8.83. The van der Waals surface area contributed by atoms with Crippen molar-refractivity contribution in [2.45, 2.75) is 23.5 Å². The van der Waals surface area contributed by atoms with Gasteiger partial charge in [-0.1, -0.05) is 0 Å². The van der Waals surface area contributed by atoms with E-state index in [1.807, 2.05) is 0 Å². The lowest BCUT2D eigenvalue weighted by Crippen LogP contribution is -2.54. The number of nitriles is 1. The summed E-state index contributed by atoms with van der Waals surface area (Å²) >= 11 is 5.10. The third kappa shape index (κ3) is 4.73. The maximum absolute atomic E-state index is 13.5. The number of hydrogen-bond acceptors (Lipinski definition) is 7. The predicted octanol–water partition coefficient (Wildman–Crippen LogP) is 2.84. The highest BCUT2D eigenvalue weighted by atomic mass is 32.2. The van der Waals surface area contributed by atoms with Gasteiger partial charge >= 0.3 is 6.18 Å². The van der Waals surface area contributed by atoms with Crippen molar-refractivity contribution in [2.75, 3.05) is 16.9 Å². The smallest absolute Gasteiger partial charge is 0.271 e. The number of alkyl halides is 3. The minimum Gasteiger partial charge on any atom is -0.271 e. The Morgan fingerprint density at radius 2 is 1.66 bits per heavy atom. The molecule has 15 heteroatoms. The van der Waals surface area contributed by atoms with Crippen molar-refractivity contribution >= 4 is 48.8 Å². The van der Waals surface area contributed by atoms with Gasteiger partial charge in [0.2, 0.25) is 10.0 Å². The standard InChI is InChI=1S/C20H15F4N3O5S3/c1-19(11-35(31,32)15-7-4-13(21)5-8-15)17(28)26(18(33)27(19)34(2,29)30)14-6-3-12(10-25)16(9-14)20(22,23)24/h3-9H,11H2,1-2H3. The highest BCUT2D eigenvalue weighted by Gasteiger charge is 2.58. The zero-order valence-electron chi connectivity index (χ0n) is 17.9. The van der Waals surface area contributed by atoms with E-state index in [1.165, 1.54) is 6.07 Å². The molecule has 0 bridgehead atoms. The van der Waals surface area contributed by atoms with Crippen molar-refractivity contribution < 1.29 is 39.2 Å². The topological polar surface area (TPSA) is 116 Å². The largest absolute Gasteiger partial charge is 0.417 e. The van der Waals surface area contributed by atoms with E-state index in [4.69, 9.17) is 17.5 Å². The quantitative estimate of drug-likeness (QED) is 0.320. The normalized spacial score (nSPS) is 19.2. The Morgan fingerprint density at radius 1 is 1.09 bits per heavy atom. The first-order valence-electron chi connectivity index (χ1n) is 9.42. The number of halogens is 4. The van der Waals surface area contributed by atoms with Crippen molar-refractivity contribution in [3.05, 3.63) is 59.4 Å². The number of benzene rings is 2. The number of sulfonamides is 1. The average molecular weight is 550 g/mol. The molecule has 1 amide bonds. The van der Waals surface area contributed by atoms with Crippen LogP contribution >= 0.6 is 12.2 Å². The lowest BCUT2D eigenvalue weighted by molar-refractivity contribution is -0.137. The van der Waals surface area contributed by atoms with E-state index in [0.29, 0.717) is 21.5 Å². The van der Waals surface area contributed by atoms with Gasteiger partial charge in [0.15, 0.2) is 14.9 Å². The molecule has 35 heavy (non-hydrogen) atoms. The second kappa shape index (κ2) is 8.54. The highest BCUT2D eigenvalue weighted by molar-refractivity contribution is 7.92. The lowest BCUT2D eigenvalue weighted by Gasteiger charge is -2.30. The Kier molecular flexibility index (Phi) is 6.47. The van der Waals surface area contributed by atoms with Gasteiger partial charge in [-0.3, -0.25) is 9.69 Å². The second-order valence-corrected chi connectivity index (χ2v) is 12.0. The predicted molar refractivity (Wildman–Crippen MR) is 120 cm³/mol. The lowest BCUT2D eigenvalue weighted by atomic mass is 10.0. The van der Waals surface area contributed by atoms with E-state index in [9.17, 15) is 39.2 Å². The van der Waals surface area contributed by atoms with Crippen molar-refractivity contribution in [1.29, 1.82) is 5.26 Å². The highest BCUT2D eigenvalue weighted by Crippen LogP contribution is 2.39. The Hall–Kier alpha value is -3.09. The van der Waals surface area contributed by atoms with Gasteiger partial charge in [0.25, 0.3) is 5.91 Å². The fourth-order valence-electron chi connectivity index (χ4n) is 3.67. The molecule has 8 nitrogen and oxygen atoms in total. The fraction of sp³-hybridized carbons (Fsp3) is 0.250. The van der Waals surface area contributed by atoms with Crippen molar-refractivity contribution in [3.8, 4) is 6.07 Å². The Morgan fingerprint density at radius 3 is 2.14 bits per heavy atom. The van der Waals surface area contributed by atoms with Crippen molar-refractivity contribution in [1.82, 2.24) is 4.31 Å². The van der Waals surface area contributed by atoms with Gasteiger partial charge < -0.3 is 0 Å². The van der Waals surface area contributed by atoms with E-state index in [1.54, 1.807) is 0 Å². The number of carbonyl (C=O) groups excluding carboxylic acids is 1. The van der Waals surface area contributed by atoms with E-state index >= 15 is 0 Å². The van der Waals surface area contributed by atoms with E-state index < -0.39 is 75.9 Å². The average Bonchev–Trinajstić information content (AvgIpc) is 2.91. The minimum atomic E-state index is -4.99. The summed E-state index contributed by atoms with van der Waals surface area (Å²) < 4.78 is 105. The van der Waals surface area contributed by atoms with E-state index in [2.05, 4.69) is 0 Å². The van der Waals surface area contributed by atoms with Crippen LogP contribution in [0.3, 0.4) is 0 Å². The molecular weight excluding hydrogens is 534 g/mol. The van der Waals surface area contributed by atoms with Crippen LogP contribution in [-0.4, -0.2) is 49.7 Å². The summed E-state index contributed by atoms with van der Waals surface area (Å²) in [5.74, 6) is -3.11. The van der Waals surface area contributed by atoms with Crippen LogP contribution < -0.4 is 4.90 Å². The molecule has 1 heterocycles. The SMILES string of the molecule is CC1(CS(=O)(=O)c2ccc(F)cc2)C(=O)N(c2ccc(C#N)c(C(F)(F)F)c2)C(=S)N1S(C)(=O)=O. The summed E-state index contributed by atoms with van der Waals surface area (Å²) in [6.45, 7) is 0.970. The third-order valence-corrected chi connectivity index (χ3v) is 8.79. The molecule has 186 valence electrons. The maximum atomic E-state index is 13.5. The summed E-state index contributed by atoms with van der Waals surface area (Å²) in [6, 6.07) is 7.11. The van der Waals surface area contributed by atoms with Crippen LogP contribution in [0.2, 0.25) is 0 Å². The van der Waals surface area contributed by atoms with E-state index in [-0.39, 0.29) is 0 Å². The summed E-state index contributed by atoms with van der Waals surface area (Å²) in [6.07, 6.45) is -4.34. The molecule has 0 spiro atoms. The fourth-order valence-corrected chi connectivity index (χ4v) is 7.50. The third-order valence-electron chi connectivity index (χ3n) is 5.14. The number of nitrogens with zero attached hydrogens (tertiary/aromatic N) is 3. The van der Waals surface area contributed by atoms with Gasteiger partial charge in [0.1, 0.15) is 11.4 Å².